The number of carbonyl (C=O) groups excluding carboxylic acids is 1. The van der Waals surface area contributed by atoms with Crippen LogP contribution in [0.4, 0.5) is 0 Å². The van der Waals surface area contributed by atoms with E-state index >= 15 is 0 Å². The number of hydrogen-bond acceptors (Lipinski definition) is 6. The van der Waals surface area contributed by atoms with Gasteiger partial charge in [0.1, 0.15) is 11.9 Å². The van der Waals surface area contributed by atoms with E-state index < -0.39 is 0 Å². The van der Waals surface area contributed by atoms with Crippen molar-refractivity contribution in [3.63, 3.8) is 0 Å². The van der Waals surface area contributed by atoms with Gasteiger partial charge in [0.25, 0.3) is 5.91 Å². The van der Waals surface area contributed by atoms with Gasteiger partial charge >= 0.3 is 0 Å². The van der Waals surface area contributed by atoms with Gasteiger partial charge in [-0.25, -0.2) is 0 Å². The SMILES string of the molecule is CN(C)CCCNC(=O)c1cccc(OC2CCN(Cc3cc(-c4ccccc4)on3)CC2)c1. The number of aromatic nitrogens is 1. The molecule has 0 bridgehead atoms. The molecule has 2 aromatic carbocycles. The van der Waals surface area contributed by atoms with E-state index in [0.29, 0.717) is 12.1 Å². The van der Waals surface area contributed by atoms with E-state index in [1.165, 1.54) is 0 Å². The molecule has 1 amide bonds. The van der Waals surface area contributed by atoms with Crippen molar-refractivity contribution in [1.29, 1.82) is 0 Å². The minimum Gasteiger partial charge on any atom is -0.490 e. The second-order valence-electron chi connectivity index (χ2n) is 9.08. The minimum absolute atomic E-state index is 0.0542. The summed E-state index contributed by atoms with van der Waals surface area (Å²) in [5.74, 6) is 1.50. The smallest absolute Gasteiger partial charge is 0.251 e. The molecule has 2 heterocycles. The zero-order chi connectivity index (χ0) is 23.8. The van der Waals surface area contributed by atoms with Crippen LogP contribution in [0.1, 0.15) is 35.3 Å². The van der Waals surface area contributed by atoms with E-state index in [4.69, 9.17) is 9.26 Å². The van der Waals surface area contributed by atoms with E-state index in [9.17, 15) is 4.79 Å². The predicted molar refractivity (Wildman–Crippen MR) is 133 cm³/mol. The Hall–Kier alpha value is -3.16. The van der Waals surface area contributed by atoms with Crippen LogP contribution >= 0.6 is 0 Å². The Balaban J connectivity index is 1.22. The molecule has 1 saturated heterocycles. The second-order valence-corrected chi connectivity index (χ2v) is 9.08. The summed E-state index contributed by atoms with van der Waals surface area (Å²) in [7, 11) is 4.06. The fourth-order valence-corrected chi connectivity index (χ4v) is 4.14. The summed E-state index contributed by atoms with van der Waals surface area (Å²) in [6.07, 6.45) is 2.94. The molecular weight excluding hydrogens is 428 g/mol. The van der Waals surface area contributed by atoms with Gasteiger partial charge in [-0.1, -0.05) is 41.6 Å². The number of carbonyl (C=O) groups is 1. The van der Waals surface area contributed by atoms with Gasteiger partial charge in [0.05, 0.1) is 5.69 Å². The standard InChI is InChI=1S/C27H34N4O3/c1-30(2)15-7-14-28-27(32)22-10-6-11-25(18-22)33-24-12-16-31(17-13-24)20-23-19-26(34-29-23)21-8-4-3-5-9-21/h3-6,8-11,18-19,24H,7,12-17,20H2,1-2H3,(H,28,32). The van der Waals surface area contributed by atoms with Crippen molar-refractivity contribution in [3.8, 4) is 17.1 Å². The van der Waals surface area contributed by atoms with Gasteiger partial charge in [0, 0.05) is 43.4 Å². The van der Waals surface area contributed by atoms with Crippen molar-refractivity contribution in [1.82, 2.24) is 20.3 Å². The topological polar surface area (TPSA) is 70.8 Å². The third-order valence-corrected chi connectivity index (χ3v) is 6.00. The third-order valence-electron chi connectivity index (χ3n) is 6.00. The molecule has 7 nitrogen and oxygen atoms in total. The lowest BCUT2D eigenvalue weighted by Crippen LogP contribution is -2.37. The Morgan fingerprint density at radius 1 is 1.12 bits per heavy atom. The average molecular weight is 463 g/mol. The van der Waals surface area contributed by atoms with Gasteiger partial charge < -0.3 is 19.5 Å². The molecule has 1 aliphatic rings. The van der Waals surface area contributed by atoms with Crippen LogP contribution in [0.15, 0.2) is 65.2 Å². The van der Waals surface area contributed by atoms with E-state index in [1.54, 1.807) is 0 Å². The highest BCUT2D eigenvalue weighted by Gasteiger charge is 2.22. The number of amides is 1. The van der Waals surface area contributed by atoms with Crippen LogP contribution in [0.2, 0.25) is 0 Å². The summed E-state index contributed by atoms with van der Waals surface area (Å²) in [5.41, 5.74) is 2.63. The molecule has 1 fully saturated rings. The first-order valence-electron chi connectivity index (χ1n) is 12.0. The fourth-order valence-electron chi connectivity index (χ4n) is 4.14. The lowest BCUT2D eigenvalue weighted by molar-refractivity contribution is 0.0931. The molecule has 0 aliphatic carbocycles. The Morgan fingerprint density at radius 2 is 1.91 bits per heavy atom. The Labute approximate surface area is 201 Å². The van der Waals surface area contributed by atoms with E-state index in [2.05, 4.69) is 20.3 Å². The van der Waals surface area contributed by atoms with Crippen molar-refractivity contribution in [3.05, 3.63) is 71.9 Å². The zero-order valence-electron chi connectivity index (χ0n) is 20.1. The maximum atomic E-state index is 12.4. The number of nitrogens with one attached hydrogen (secondary N) is 1. The van der Waals surface area contributed by atoms with Crippen LogP contribution in [0.3, 0.4) is 0 Å². The van der Waals surface area contributed by atoms with Gasteiger partial charge in [-0.2, -0.15) is 0 Å². The average Bonchev–Trinajstić information content (AvgIpc) is 3.32. The minimum atomic E-state index is -0.0542. The normalized spacial score (nSPS) is 14.9. The summed E-state index contributed by atoms with van der Waals surface area (Å²) in [6, 6.07) is 19.5. The molecule has 0 saturated carbocycles. The first kappa shape index (κ1) is 24.0. The molecule has 34 heavy (non-hydrogen) atoms. The Kier molecular flexibility index (Phi) is 8.33. The van der Waals surface area contributed by atoms with E-state index in [0.717, 1.165) is 68.2 Å². The van der Waals surface area contributed by atoms with E-state index in [-0.39, 0.29) is 12.0 Å². The largest absolute Gasteiger partial charge is 0.490 e. The molecule has 1 aliphatic heterocycles. The summed E-state index contributed by atoms with van der Waals surface area (Å²) >= 11 is 0. The summed E-state index contributed by atoms with van der Waals surface area (Å²) in [4.78, 5) is 16.9. The Morgan fingerprint density at radius 3 is 2.68 bits per heavy atom. The summed E-state index contributed by atoms with van der Waals surface area (Å²) in [5, 5.41) is 7.23. The van der Waals surface area contributed by atoms with Gasteiger partial charge in [-0.3, -0.25) is 9.69 Å². The number of likely N-dealkylation sites (tertiary alicyclic amines) is 1. The highest BCUT2D eigenvalue weighted by Crippen LogP contribution is 2.23. The fraction of sp³-hybridized carbons (Fsp3) is 0.407. The molecule has 7 heteroatoms. The number of nitrogens with zero attached hydrogens (tertiary/aromatic N) is 3. The summed E-state index contributed by atoms with van der Waals surface area (Å²) < 4.78 is 11.7. The molecule has 1 aromatic heterocycles. The second kappa shape index (κ2) is 11.8. The quantitative estimate of drug-likeness (QED) is 0.458. The summed E-state index contributed by atoms with van der Waals surface area (Å²) in [6.45, 7) is 4.26. The number of hydrogen-bond donors (Lipinski definition) is 1. The number of benzene rings is 2. The monoisotopic (exact) mass is 462 g/mol. The van der Waals surface area contributed by atoms with Crippen molar-refractivity contribution in [2.45, 2.75) is 31.9 Å². The molecule has 0 unspecified atom stereocenters. The molecular formula is C27H34N4O3. The number of ether oxygens (including phenoxy) is 1. The number of piperidine rings is 1. The lowest BCUT2D eigenvalue weighted by Gasteiger charge is -2.31. The number of rotatable bonds is 10. The highest BCUT2D eigenvalue weighted by molar-refractivity contribution is 5.94. The molecule has 0 radical (unpaired) electrons. The molecule has 1 N–H and O–H groups in total. The van der Waals surface area contributed by atoms with Gasteiger partial charge in [0.2, 0.25) is 0 Å². The van der Waals surface area contributed by atoms with Crippen molar-refractivity contribution < 1.29 is 14.1 Å². The maximum absolute atomic E-state index is 12.4. The van der Waals surface area contributed by atoms with Crippen LogP contribution in [0.25, 0.3) is 11.3 Å². The third kappa shape index (κ3) is 6.92. The van der Waals surface area contributed by atoms with Crippen molar-refractivity contribution >= 4 is 5.91 Å². The van der Waals surface area contributed by atoms with Crippen LogP contribution in [-0.2, 0) is 6.54 Å². The van der Waals surface area contributed by atoms with Crippen LogP contribution in [0, 0.1) is 0 Å². The van der Waals surface area contributed by atoms with Crippen LogP contribution in [0.5, 0.6) is 5.75 Å². The van der Waals surface area contributed by atoms with Crippen LogP contribution < -0.4 is 10.1 Å². The Bertz CT molecular complexity index is 1040. The molecule has 0 atom stereocenters. The van der Waals surface area contributed by atoms with Gasteiger partial charge in [-0.05, 0) is 58.1 Å². The van der Waals surface area contributed by atoms with Gasteiger partial charge in [-0.15, -0.1) is 0 Å². The molecule has 4 rings (SSSR count). The van der Waals surface area contributed by atoms with E-state index in [1.807, 2.05) is 74.8 Å². The van der Waals surface area contributed by atoms with Crippen LogP contribution in [-0.4, -0.2) is 67.2 Å². The molecule has 0 spiro atoms. The highest BCUT2D eigenvalue weighted by atomic mass is 16.5. The predicted octanol–water partition coefficient (Wildman–Crippen LogP) is 4.07. The molecule has 180 valence electrons. The lowest BCUT2D eigenvalue weighted by atomic mass is 10.1. The first-order valence-corrected chi connectivity index (χ1v) is 12.0. The molecule has 3 aromatic rings. The maximum Gasteiger partial charge on any atom is 0.251 e. The van der Waals surface area contributed by atoms with Gasteiger partial charge in [0.15, 0.2) is 5.76 Å². The zero-order valence-corrected chi connectivity index (χ0v) is 20.1. The van der Waals surface area contributed by atoms with Crippen molar-refractivity contribution in [2.24, 2.45) is 0 Å². The van der Waals surface area contributed by atoms with Crippen molar-refractivity contribution in [2.75, 3.05) is 40.3 Å². The first-order chi connectivity index (χ1) is 16.6.